The second-order valence-corrected chi connectivity index (χ2v) is 10.8. The number of anilines is 2. The van der Waals surface area contributed by atoms with Gasteiger partial charge in [-0.25, -0.2) is 8.78 Å². The minimum absolute atomic E-state index is 0.00128. The molecule has 2 atom stereocenters. The number of carbonyl (C=O) groups excluding carboxylic acids is 2. The van der Waals surface area contributed by atoms with Gasteiger partial charge in [-0.3, -0.25) is 9.59 Å². The molecule has 0 saturated heterocycles. The summed E-state index contributed by atoms with van der Waals surface area (Å²) in [5.41, 5.74) is 5.79. The number of halogens is 7. The Morgan fingerprint density at radius 3 is 2.43 bits per heavy atom. The van der Waals surface area contributed by atoms with Gasteiger partial charge in [-0.05, 0) is 36.3 Å². The highest BCUT2D eigenvalue weighted by atomic mass is 35.5. The Kier molecular flexibility index (Phi) is 9.19. The quantitative estimate of drug-likeness (QED) is 0.129. The fourth-order valence-corrected chi connectivity index (χ4v) is 5.00. The van der Waals surface area contributed by atoms with Crippen molar-refractivity contribution in [3.8, 4) is 0 Å². The van der Waals surface area contributed by atoms with E-state index in [1.807, 2.05) is 0 Å². The van der Waals surface area contributed by atoms with Gasteiger partial charge in [0, 0.05) is 18.5 Å². The normalized spacial score (nSPS) is 19.1. The van der Waals surface area contributed by atoms with Crippen molar-refractivity contribution in [3.63, 3.8) is 0 Å². The Hall–Kier alpha value is -2.29. The number of hydrogen-bond acceptors (Lipinski definition) is 3. The lowest BCUT2D eigenvalue weighted by atomic mass is 10.1. The summed E-state index contributed by atoms with van der Waals surface area (Å²) in [4.78, 5) is 25.4. The molecule has 1 fully saturated rings. The number of amides is 2. The second-order valence-electron chi connectivity index (χ2n) is 8.18. The maximum Gasteiger partial charge on any atom is 0.257 e. The number of nitrogens with two attached hydrogens (primary N) is 1. The molecule has 3 rings (SSSR count). The summed E-state index contributed by atoms with van der Waals surface area (Å²) in [5, 5.41) is 5.68. The minimum atomic E-state index is -1.31. The van der Waals surface area contributed by atoms with Crippen LogP contribution in [0.2, 0.25) is 10.0 Å². The lowest BCUT2D eigenvalue weighted by Gasteiger charge is -2.11. The first-order valence-corrected chi connectivity index (χ1v) is 12.5. The summed E-state index contributed by atoms with van der Waals surface area (Å²) in [6.07, 6.45) is 2.74. The molecule has 0 aliphatic heterocycles. The van der Waals surface area contributed by atoms with Crippen molar-refractivity contribution < 1.29 is 18.4 Å². The van der Waals surface area contributed by atoms with Crippen molar-refractivity contribution in [3.05, 3.63) is 92.5 Å². The zero-order valence-electron chi connectivity index (χ0n) is 19.1. The van der Waals surface area contributed by atoms with Gasteiger partial charge in [-0.15, -0.1) is 23.2 Å². The summed E-state index contributed by atoms with van der Waals surface area (Å²) in [6, 6.07) is 6.42. The highest BCUT2D eigenvalue weighted by molar-refractivity contribution is 6.53. The Labute approximate surface area is 237 Å². The molecule has 12 heteroatoms. The molecule has 2 amide bonds. The highest BCUT2D eigenvalue weighted by Gasteiger charge is 2.67. The number of rotatable bonds is 8. The Morgan fingerprint density at radius 2 is 1.81 bits per heavy atom. The number of carbonyl (C=O) groups is 2. The van der Waals surface area contributed by atoms with E-state index < -0.39 is 39.6 Å². The number of alkyl halides is 2. The third kappa shape index (κ3) is 6.41. The van der Waals surface area contributed by atoms with Gasteiger partial charge < -0.3 is 16.4 Å². The predicted molar refractivity (Wildman–Crippen MR) is 146 cm³/mol. The van der Waals surface area contributed by atoms with Crippen LogP contribution in [0.4, 0.5) is 20.2 Å². The molecule has 0 aromatic heterocycles. The van der Waals surface area contributed by atoms with Gasteiger partial charge in [0.2, 0.25) is 5.91 Å². The first-order valence-electron chi connectivity index (χ1n) is 10.6. The smallest absolute Gasteiger partial charge is 0.257 e. The number of allylic oxidation sites excluding steroid dienone is 2. The molecule has 2 aromatic carbocycles. The van der Waals surface area contributed by atoms with Crippen LogP contribution in [0.1, 0.15) is 18.4 Å². The van der Waals surface area contributed by atoms with Crippen LogP contribution in [-0.2, 0) is 9.59 Å². The van der Waals surface area contributed by atoms with Crippen molar-refractivity contribution >= 4 is 81.2 Å². The first-order chi connectivity index (χ1) is 17.3. The van der Waals surface area contributed by atoms with Crippen LogP contribution in [0.15, 0.2) is 65.2 Å². The molecule has 1 aliphatic rings. The van der Waals surface area contributed by atoms with E-state index in [9.17, 15) is 18.4 Å². The van der Waals surface area contributed by atoms with Crippen LogP contribution in [0, 0.1) is 17.6 Å². The molecule has 1 saturated carbocycles. The zero-order valence-corrected chi connectivity index (χ0v) is 22.9. The molecular formula is C25H20Cl5F2N3O2. The van der Waals surface area contributed by atoms with E-state index in [1.54, 1.807) is 31.2 Å². The lowest BCUT2D eigenvalue weighted by molar-refractivity contribution is -0.122. The van der Waals surface area contributed by atoms with E-state index >= 15 is 0 Å². The Bertz CT molecular complexity index is 1340. The summed E-state index contributed by atoms with van der Waals surface area (Å²) in [6.45, 7) is 5.21. The fourth-order valence-electron chi connectivity index (χ4n) is 3.62. The molecular weight excluding hydrogens is 590 g/mol. The molecule has 4 N–H and O–H groups in total. The SMILES string of the molecule is C=C/C(C(=O)Nc1cc(N)c(F)cc1F)=C(Cl)\C(C)=C/CNC(=O)[C@H]1[C@H](c2ccc(Cl)c(Cl)c2)C1(Cl)Cl. The molecule has 5 nitrogen and oxygen atoms in total. The molecule has 2 aromatic rings. The van der Waals surface area contributed by atoms with E-state index in [4.69, 9.17) is 63.7 Å². The van der Waals surface area contributed by atoms with Crippen molar-refractivity contribution in [1.82, 2.24) is 5.32 Å². The van der Waals surface area contributed by atoms with Crippen molar-refractivity contribution in [2.45, 2.75) is 17.2 Å². The molecule has 1 aliphatic carbocycles. The third-order valence-electron chi connectivity index (χ3n) is 5.69. The van der Waals surface area contributed by atoms with E-state index in [0.717, 1.165) is 6.07 Å². The molecule has 0 bridgehead atoms. The maximum absolute atomic E-state index is 14.0. The highest BCUT2D eigenvalue weighted by Crippen LogP contribution is 2.65. The third-order valence-corrected chi connectivity index (χ3v) is 7.87. The molecule has 0 radical (unpaired) electrons. The number of nitrogens with one attached hydrogen (secondary N) is 2. The minimum Gasteiger partial charge on any atom is -0.396 e. The lowest BCUT2D eigenvalue weighted by Crippen LogP contribution is -2.27. The van der Waals surface area contributed by atoms with Crippen molar-refractivity contribution in [2.24, 2.45) is 5.92 Å². The van der Waals surface area contributed by atoms with Crippen LogP contribution in [0.25, 0.3) is 0 Å². The molecule has 0 spiro atoms. The molecule has 0 heterocycles. The van der Waals surface area contributed by atoms with Gasteiger partial charge in [0.1, 0.15) is 16.0 Å². The van der Waals surface area contributed by atoms with E-state index in [0.29, 0.717) is 27.2 Å². The molecule has 37 heavy (non-hydrogen) atoms. The van der Waals surface area contributed by atoms with Crippen LogP contribution in [0.5, 0.6) is 0 Å². The summed E-state index contributed by atoms with van der Waals surface area (Å²) in [5.74, 6) is -4.35. The maximum atomic E-state index is 14.0. The summed E-state index contributed by atoms with van der Waals surface area (Å²) in [7, 11) is 0. The topological polar surface area (TPSA) is 84.2 Å². The van der Waals surface area contributed by atoms with Crippen molar-refractivity contribution in [2.75, 3.05) is 17.6 Å². The number of benzene rings is 2. The van der Waals surface area contributed by atoms with Crippen LogP contribution < -0.4 is 16.4 Å². The summed E-state index contributed by atoms with van der Waals surface area (Å²) < 4.78 is 26.1. The monoisotopic (exact) mass is 607 g/mol. The predicted octanol–water partition coefficient (Wildman–Crippen LogP) is 7.12. The van der Waals surface area contributed by atoms with E-state index in [1.165, 1.54) is 6.08 Å². The summed E-state index contributed by atoms with van der Waals surface area (Å²) >= 11 is 31.1. The fraction of sp³-hybridized carbons (Fsp3) is 0.200. The zero-order chi connectivity index (χ0) is 27.7. The van der Waals surface area contributed by atoms with Gasteiger partial charge in [0.25, 0.3) is 5.91 Å². The van der Waals surface area contributed by atoms with Gasteiger partial charge in [-0.2, -0.15) is 0 Å². The number of hydrogen-bond donors (Lipinski definition) is 3. The second kappa shape index (κ2) is 11.6. The average Bonchev–Trinajstić information content (AvgIpc) is 3.41. The van der Waals surface area contributed by atoms with Crippen LogP contribution >= 0.6 is 58.0 Å². The Balaban J connectivity index is 1.67. The van der Waals surface area contributed by atoms with Gasteiger partial charge in [0.15, 0.2) is 0 Å². The van der Waals surface area contributed by atoms with E-state index in [2.05, 4.69) is 17.2 Å². The molecule has 0 unspecified atom stereocenters. The van der Waals surface area contributed by atoms with Crippen LogP contribution in [0.3, 0.4) is 0 Å². The van der Waals surface area contributed by atoms with Crippen LogP contribution in [-0.4, -0.2) is 22.7 Å². The van der Waals surface area contributed by atoms with Gasteiger partial charge in [-0.1, -0.05) is 59.6 Å². The standard InChI is InChI=1S/C25H20Cl5F2N3O2/c1-3-13(23(36)35-19-10-18(33)16(31)9-17(19)32)22(28)11(2)6-7-34-24(37)21-20(25(21,29)30)12-4-5-14(26)15(27)8-12/h3-6,8-10,20-21H,1,7,33H2,2H3,(H,34,37)(H,35,36)/b11-6-,22-13-/t20-,21+/m0/s1. The number of nitrogen functional groups attached to an aromatic ring is 1. The van der Waals surface area contributed by atoms with Crippen molar-refractivity contribution in [1.29, 1.82) is 0 Å². The first kappa shape index (κ1) is 29.3. The average molecular weight is 610 g/mol. The van der Waals surface area contributed by atoms with E-state index in [-0.39, 0.29) is 28.5 Å². The Morgan fingerprint density at radius 1 is 1.14 bits per heavy atom. The van der Waals surface area contributed by atoms with Gasteiger partial charge in [0.05, 0.1) is 37.9 Å². The molecule has 196 valence electrons. The van der Waals surface area contributed by atoms with Gasteiger partial charge >= 0.3 is 0 Å². The largest absolute Gasteiger partial charge is 0.396 e.